The first-order valence-corrected chi connectivity index (χ1v) is 10.4. The molecule has 0 aromatic heterocycles. The fraction of sp³-hybridized carbons (Fsp3) is 0.435. The van der Waals surface area contributed by atoms with Crippen molar-refractivity contribution in [1.29, 1.82) is 0 Å². The van der Waals surface area contributed by atoms with Gasteiger partial charge in [-0.3, -0.25) is 9.59 Å². The van der Waals surface area contributed by atoms with E-state index in [0.717, 1.165) is 46.9 Å². The molecule has 6 heteroatoms. The van der Waals surface area contributed by atoms with Crippen LogP contribution in [0.3, 0.4) is 0 Å². The van der Waals surface area contributed by atoms with Gasteiger partial charge in [0.2, 0.25) is 5.91 Å². The van der Waals surface area contributed by atoms with E-state index < -0.39 is 24.0 Å². The highest BCUT2D eigenvalue weighted by Crippen LogP contribution is 2.30. The molecule has 0 spiro atoms. The summed E-state index contributed by atoms with van der Waals surface area (Å²) in [7, 11) is 0. The van der Waals surface area contributed by atoms with Crippen LogP contribution in [0.25, 0.3) is 10.8 Å². The average molecular weight is 393 g/mol. The zero-order chi connectivity index (χ0) is 20.4. The standard InChI is InChI=1S/C23H27N3O3/c24-21(27)20(14-15-6-2-1-3-7-15)26-22(28)19(25-23(26)29)13-16-10-11-17-8-4-5-9-18(17)12-16/h4-5,8-12,15,19-20H,1-3,6-7,13-14H2,(H2,24,27)(H,25,29). The number of nitrogens with zero attached hydrogens (tertiary/aromatic N) is 1. The first-order chi connectivity index (χ1) is 14.0. The number of hydrogen-bond donors (Lipinski definition) is 2. The maximum Gasteiger partial charge on any atom is 0.325 e. The monoisotopic (exact) mass is 393 g/mol. The molecular formula is C23H27N3O3. The number of rotatable bonds is 6. The van der Waals surface area contributed by atoms with Crippen LogP contribution in [0.1, 0.15) is 44.1 Å². The van der Waals surface area contributed by atoms with Gasteiger partial charge in [0.1, 0.15) is 12.1 Å². The van der Waals surface area contributed by atoms with Crippen LogP contribution in [0.5, 0.6) is 0 Å². The molecule has 4 amide bonds. The Kier molecular flexibility index (Phi) is 5.51. The van der Waals surface area contributed by atoms with Crippen molar-refractivity contribution in [2.24, 2.45) is 11.7 Å². The van der Waals surface area contributed by atoms with Crippen molar-refractivity contribution < 1.29 is 14.4 Å². The lowest BCUT2D eigenvalue weighted by Crippen LogP contribution is -2.49. The SMILES string of the molecule is NC(=O)C(CC1CCCCC1)N1C(=O)NC(Cc2ccc3ccccc3c2)C1=O. The predicted molar refractivity (Wildman–Crippen MR) is 111 cm³/mol. The number of urea groups is 1. The third-order valence-corrected chi connectivity index (χ3v) is 6.23. The highest BCUT2D eigenvalue weighted by molar-refractivity contribution is 6.07. The van der Waals surface area contributed by atoms with Crippen LogP contribution in [0.2, 0.25) is 0 Å². The van der Waals surface area contributed by atoms with Crippen LogP contribution in [0.15, 0.2) is 42.5 Å². The normalized spacial score (nSPS) is 21.4. The Morgan fingerprint density at radius 3 is 2.52 bits per heavy atom. The maximum atomic E-state index is 13.0. The van der Waals surface area contributed by atoms with Gasteiger partial charge in [-0.15, -0.1) is 0 Å². The molecule has 1 saturated heterocycles. The fourth-order valence-electron chi connectivity index (χ4n) is 4.67. The summed E-state index contributed by atoms with van der Waals surface area (Å²) in [4.78, 5) is 38.8. The Bertz CT molecular complexity index is 936. The molecule has 1 heterocycles. The maximum absolute atomic E-state index is 13.0. The third-order valence-electron chi connectivity index (χ3n) is 6.23. The Hall–Kier alpha value is -2.89. The molecule has 3 N–H and O–H groups in total. The Morgan fingerprint density at radius 2 is 1.79 bits per heavy atom. The van der Waals surface area contributed by atoms with Gasteiger partial charge in [-0.1, -0.05) is 74.6 Å². The lowest BCUT2D eigenvalue weighted by atomic mass is 9.84. The fourth-order valence-corrected chi connectivity index (χ4v) is 4.67. The van der Waals surface area contributed by atoms with Crippen LogP contribution < -0.4 is 11.1 Å². The van der Waals surface area contributed by atoms with Crippen LogP contribution in [-0.4, -0.2) is 34.8 Å². The van der Waals surface area contributed by atoms with Crippen LogP contribution in [-0.2, 0) is 16.0 Å². The topological polar surface area (TPSA) is 92.5 Å². The van der Waals surface area contributed by atoms with E-state index in [9.17, 15) is 14.4 Å². The highest BCUT2D eigenvalue weighted by Gasteiger charge is 2.44. The van der Waals surface area contributed by atoms with Gasteiger partial charge in [0.05, 0.1) is 0 Å². The van der Waals surface area contributed by atoms with Gasteiger partial charge in [0, 0.05) is 6.42 Å². The number of imide groups is 1. The minimum absolute atomic E-state index is 0.335. The number of hydrogen-bond acceptors (Lipinski definition) is 3. The van der Waals surface area contributed by atoms with Crippen LogP contribution >= 0.6 is 0 Å². The summed E-state index contributed by atoms with van der Waals surface area (Å²) in [5, 5.41) is 4.97. The second-order valence-corrected chi connectivity index (χ2v) is 8.25. The van der Waals surface area contributed by atoms with E-state index >= 15 is 0 Å². The largest absolute Gasteiger partial charge is 0.368 e. The van der Waals surface area contributed by atoms with Crippen LogP contribution in [0, 0.1) is 5.92 Å². The first kappa shape index (κ1) is 19.4. The van der Waals surface area contributed by atoms with Crippen molar-refractivity contribution >= 4 is 28.6 Å². The number of benzene rings is 2. The Morgan fingerprint density at radius 1 is 1.07 bits per heavy atom. The number of carbonyl (C=O) groups is 3. The molecule has 4 rings (SSSR count). The Balaban J connectivity index is 1.49. The molecule has 2 fully saturated rings. The van der Waals surface area contributed by atoms with Gasteiger partial charge in [-0.05, 0) is 28.7 Å². The van der Waals surface area contributed by atoms with Gasteiger partial charge < -0.3 is 11.1 Å². The van der Waals surface area contributed by atoms with E-state index in [2.05, 4.69) is 5.32 Å². The van der Waals surface area contributed by atoms with E-state index in [-0.39, 0.29) is 5.91 Å². The molecule has 2 atom stereocenters. The minimum atomic E-state index is -0.868. The quantitative estimate of drug-likeness (QED) is 0.739. The first-order valence-electron chi connectivity index (χ1n) is 10.4. The molecular weight excluding hydrogens is 366 g/mol. The molecule has 2 aromatic carbocycles. The number of nitrogens with one attached hydrogen (secondary N) is 1. The zero-order valence-electron chi connectivity index (χ0n) is 16.5. The van der Waals surface area contributed by atoms with Crippen LogP contribution in [0.4, 0.5) is 4.79 Å². The van der Waals surface area contributed by atoms with E-state index in [1.54, 1.807) is 0 Å². The summed E-state index contributed by atoms with van der Waals surface area (Å²) in [6.07, 6.45) is 6.36. The molecule has 1 aliphatic carbocycles. The van der Waals surface area contributed by atoms with Crippen molar-refractivity contribution in [2.45, 2.75) is 57.0 Å². The van der Waals surface area contributed by atoms with Gasteiger partial charge >= 0.3 is 6.03 Å². The van der Waals surface area contributed by atoms with Gasteiger partial charge in [0.25, 0.3) is 5.91 Å². The van der Waals surface area contributed by atoms with E-state index in [1.807, 2.05) is 42.5 Å². The second-order valence-electron chi connectivity index (χ2n) is 8.25. The van der Waals surface area contributed by atoms with Crippen molar-refractivity contribution in [3.8, 4) is 0 Å². The molecule has 152 valence electrons. The Labute approximate surface area is 170 Å². The van der Waals surface area contributed by atoms with Crippen molar-refractivity contribution in [3.05, 3.63) is 48.0 Å². The summed E-state index contributed by atoms with van der Waals surface area (Å²) in [5.74, 6) is -0.630. The molecule has 2 aliphatic rings. The summed E-state index contributed by atoms with van der Waals surface area (Å²) in [6, 6.07) is 12.0. The zero-order valence-corrected chi connectivity index (χ0v) is 16.5. The molecule has 0 radical (unpaired) electrons. The summed E-state index contributed by atoms with van der Waals surface area (Å²) in [6.45, 7) is 0. The molecule has 0 bridgehead atoms. The van der Waals surface area contributed by atoms with E-state index in [4.69, 9.17) is 5.73 Å². The number of fused-ring (bicyclic) bond motifs is 1. The van der Waals surface area contributed by atoms with Crippen molar-refractivity contribution in [1.82, 2.24) is 10.2 Å². The second kappa shape index (κ2) is 8.23. The van der Waals surface area contributed by atoms with E-state index in [1.165, 1.54) is 6.42 Å². The molecule has 29 heavy (non-hydrogen) atoms. The third kappa shape index (κ3) is 4.11. The molecule has 1 saturated carbocycles. The van der Waals surface area contributed by atoms with E-state index in [0.29, 0.717) is 18.8 Å². The summed E-state index contributed by atoms with van der Waals surface area (Å²) >= 11 is 0. The van der Waals surface area contributed by atoms with Gasteiger partial charge in [0.15, 0.2) is 0 Å². The number of amides is 4. The summed E-state index contributed by atoms with van der Waals surface area (Å²) < 4.78 is 0. The number of nitrogens with two attached hydrogens (primary N) is 1. The highest BCUT2D eigenvalue weighted by atomic mass is 16.2. The smallest absolute Gasteiger partial charge is 0.325 e. The molecule has 6 nitrogen and oxygen atoms in total. The lowest BCUT2D eigenvalue weighted by Gasteiger charge is -2.29. The number of primary amides is 1. The van der Waals surface area contributed by atoms with Gasteiger partial charge in [-0.25, -0.2) is 9.69 Å². The molecule has 1 aliphatic heterocycles. The lowest BCUT2D eigenvalue weighted by molar-refractivity contribution is -0.135. The number of carbonyl (C=O) groups excluding carboxylic acids is 3. The predicted octanol–water partition coefficient (Wildman–Crippen LogP) is 3.13. The molecule has 2 unspecified atom stereocenters. The minimum Gasteiger partial charge on any atom is -0.368 e. The van der Waals surface area contributed by atoms with Crippen molar-refractivity contribution in [2.75, 3.05) is 0 Å². The van der Waals surface area contributed by atoms with Gasteiger partial charge in [-0.2, -0.15) is 0 Å². The summed E-state index contributed by atoms with van der Waals surface area (Å²) in [5.41, 5.74) is 6.57. The molecule has 2 aromatic rings. The van der Waals surface area contributed by atoms with Crippen molar-refractivity contribution in [3.63, 3.8) is 0 Å². The average Bonchev–Trinajstić information content (AvgIpc) is 2.99.